The summed E-state index contributed by atoms with van der Waals surface area (Å²) in [6.07, 6.45) is 0. The maximum Gasteiger partial charge on any atom is 0.164 e. The van der Waals surface area contributed by atoms with E-state index in [2.05, 4.69) is 77.4 Å². The maximum absolute atomic E-state index is 8.42. The summed E-state index contributed by atoms with van der Waals surface area (Å²) in [6.45, 7) is 0. The number of benzene rings is 7. The van der Waals surface area contributed by atoms with E-state index in [4.69, 9.17) is 26.2 Å². The van der Waals surface area contributed by atoms with Crippen LogP contribution in [0.2, 0.25) is 0 Å². The van der Waals surface area contributed by atoms with Gasteiger partial charge in [0.05, 0.1) is 17.9 Å². The zero-order chi connectivity index (χ0) is 37.4. The van der Waals surface area contributed by atoms with Gasteiger partial charge >= 0.3 is 0 Å². The predicted octanol–water partition coefficient (Wildman–Crippen LogP) is 11.5. The van der Waals surface area contributed by atoms with Crippen LogP contribution in [0.4, 0.5) is 0 Å². The Bertz CT molecular complexity index is 3070. The Kier molecular flexibility index (Phi) is 5.35. The lowest BCUT2D eigenvalue weighted by Crippen LogP contribution is -2.00. The van der Waals surface area contributed by atoms with E-state index in [0.717, 1.165) is 49.8 Å². The molecule has 5 heteroatoms. The molecule has 0 amide bonds. The van der Waals surface area contributed by atoms with Crippen molar-refractivity contribution in [3.05, 3.63) is 170 Å². The Hall–Kier alpha value is -6.85. The second-order valence-electron chi connectivity index (χ2n) is 12.1. The fourth-order valence-corrected chi connectivity index (χ4v) is 6.78. The number of nitrogens with zero attached hydrogens (tertiary/aromatic N) is 4. The van der Waals surface area contributed by atoms with Gasteiger partial charge in [0.15, 0.2) is 17.5 Å². The lowest BCUT2D eigenvalue weighted by Gasteiger charge is -2.09. The molecule has 0 spiro atoms. The monoisotopic (exact) mass is 645 g/mol. The summed E-state index contributed by atoms with van der Waals surface area (Å²) in [5.74, 6) is 1.42. The van der Waals surface area contributed by atoms with Gasteiger partial charge in [0.1, 0.15) is 11.2 Å². The summed E-state index contributed by atoms with van der Waals surface area (Å²) in [7, 11) is 0. The van der Waals surface area contributed by atoms with Crippen LogP contribution in [0.3, 0.4) is 0 Å². The second kappa shape index (κ2) is 11.4. The molecule has 0 aliphatic carbocycles. The van der Waals surface area contributed by atoms with Crippen LogP contribution in [0, 0.1) is 0 Å². The Labute approximate surface area is 294 Å². The average molecular weight is 646 g/mol. The zero-order valence-corrected chi connectivity index (χ0v) is 26.5. The van der Waals surface area contributed by atoms with E-state index >= 15 is 0 Å². The van der Waals surface area contributed by atoms with Crippen LogP contribution in [0.1, 0.15) is 6.85 Å². The maximum atomic E-state index is 8.42. The molecule has 0 atom stereocenters. The number of furan rings is 1. The van der Waals surface area contributed by atoms with Gasteiger partial charge in [0, 0.05) is 50.0 Å². The zero-order valence-electron chi connectivity index (χ0n) is 31.5. The largest absolute Gasteiger partial charge is 0.456 e. The molecule has 10 aromatic rings. The average Bonchev–Trinajstić information content (AvgIpc) is 3.77. The SMILES string of the molecule is [2H]c1c([2H])c([2H])c(-c2ccc(-c3nc(-c4ccccc4)nc(-c4ccc5oc6cc(-n7c8ccccc8c8ccccc87)ccc6c5c4)n3)cc2)c([2H])c1[2H]. The van der Waals surface area contributed by atoms with Gasteiger partial charge in [-0.15, -0.1) is 0 Å². The summed E-state index contributed by atoms with van der Waals surface area (Å²) in [6, 6.07) is 44.2. The first-order chi connectivity index (χ1) is 26.8. The van der Waals surface area contributed by atoms with Crippen LogP contribution < -0.4 is 0 Å². The van der Waals surface area contributed by atoms with Crippen molar-refractivity contribution in [3.8, 4) is 51.0 Å². The molecule has 3 aromatic heterocycles. The summed E-state index contributed by atoms with van der Waals surface area (Å²) in [5.41, 5.74) is 7.73. The third kappa shape index (κ3) is 4.67. The molecule has 0 saturated carbocycles. The molecule has 0 N–H and O–H groups in total. The molecule has 0 fully saturated rings. The number of hydrogen-bond donors (Lipinski definition) is 0. The molecule has 50 heavy (non-hydrogen) atoms. The van der Waals surface area contributed by atoms with Crippen molar-refractivity contribution in [3.63, 3.8) is 0 Å². The van der Waals surface area contributed by atoms with E-state index in [1.165, 1.54) is 10.8 Å². The lowest BCUT2D eigenvalue weighted by atomic mass is 10.0. The van der Waals surface area contributed by atoms with Crippen molar-refractivity contribution < 1.29 is 11.3 Å². The first-order valence-electron chi connectivity index (χ1n) is 18.8. The van der Waals surface area contributed by atoms with Crippen LogP contribution in [-0.2, 0) is 0 Å². The van der Waals surface area contributed by atoms with Crippen molar-refractivity contribution in [1.82, 2.24) is 19.5 Å². The molecule has 0 saturated heterocycles. The Morgan fingerprint density at radius 3 is 1.70 bits per heavy atom. The van der Waals surface area contributed by atoms with Crippen molar-refractivity contribution in [2.45, 2.75) is 0 Å². The highest BCUT2D eigenvalue weighted by atomic mass is 16.3. The summed E-state index contributed by atoms with van der Waals surface area (Å²) >= 11 is 0. The highest BCUT2D eigenvalue weighted by Crippen LogP contribution is 2.37. The fraction of sp³-hybridized carbons (Fsp3) is 0. The van der Waals surface area contributed by atoms with E-state index in [1.807, 2.05) is 42.5 Å². The minimum absolute atomic E-state index is 0.140. The number of rotatable bonds is 5. The molecular formula is C45H28N4O. The Morgan fingerprint density at radius 2 is 1.00 bits per heavy atom. The number of para-hydroxylation sites is 2. The minimum atomic E-state index is -0.424. The molecule has 0 aliphatic heterocycles. The number of hydrogen-bond acceptors (Lipinski definition) is 4. The molecule has 5 nitrogen and oxygen atoms in total. The summed E-state index contributed by atoms with van der Waals surface area (Å²) in [4.78, 5) is 14.7. The summed E-state index contributed by atoms with van der Waals surface area (Å²) < 4.78 is 49.7. The molecule has 0 radical (unpaired) electrons. The van der Waals surface area contributed by atoms with Gasteiger partial charge in [-0.2, -0.15) is 0 Å². The van der Waals surface area contributed by atoms with E-state index in [0.29, 0.717) is 28.6 Å². The Balaban J connectivity index is 1.08. The van der Waals surface area contributed by atoms with Crippen LogP contribution in [0.25, 0.3) is 94.7 Å². The quantitative estimate of drug-likeness (QED) is 0.187. The molecule has 0 bridgehead atoms. The summed E-state index contributed by atoms with van der Waals surface area (Å²) in [5, 5.41) is 4.31. The topological polar surface area (TPSA) is 56.7 Å². The van der Waals surface area contributed by atoms with Gasteiger partial charge in [-0.05, 0) is 53.6 Å². The molecule has 234 valence electrons. The van der Waals surface area contributed by atoms with Gasteiger partial charge in [0.2, 0.25) is 0 Å². The van der Waals surface area contributed by atoms with E-state index in [-0.39, 0.29) is 29.7 Å². The molecular weight excluding hydrogens is 613 g/mol. The highest BCUT2D eigenvalue weighted by Gasteiger charge is 2.17. The van der Waals surface area contributed by atoms with Gasteiger partial charge in [-0.25, -0.2) is 15.0 Å². The van der Waals surface area contributed by atoms with Crippen LogP contribution >= 0.6 is 0 Å². The third-order valence-corrected chi connectivity index (χ3v) is 9.15. The standard InChI is InChI=1S/C45H28N4O/c1-3-11-29(12-4-1)30-19-21-32(22-20-30)44-46-43(31-13-5-2-6-14-31)47-45(48-44)33-23-26-41-38(27-33)37-25-24-34(28-42(37)50-41)49-39-17-9-7-15-35(39)36-16-8-10-18-40(36)49/h1-28H/i1D,3D,4D,11D,12D. The fourth-order valence-electron chi connectivity index (χ4n) is 6.78. The predicted molar refractivity (Wildman–Crippen MR) is 203 cm³/mol. The third-order valence-electron chi connectivity index (χ3n) is 9.15. The lowest BCUT2D eigenvalue weighted by molar-refractivity contribution is 0.668. The van der Waals surface area contributed by atoms with Gasteiger partial charge in [0.25, 0.3) is 0 Å². The van der Waals surface area contributed by atoms with Crippen molar-refractivity contribution in [2.24, 2.45) is 0 Å². The van der Waals surface area contributed by atoms with E-state index < -0.39 is 6.04 Å². The van der Waals surface area contributed by atoms with Crippen molar-refractivity contribution in [2.75, 3.05) is 0 Å². The van der Waals surface area contributed by atoms with Crippen LogP contribution in [0.5, 0.6) is 0 Å². The molecule has 3 heterocycles. The molecule has 0 unspecified atom stereocenters. The first kappa shape index (κ1) is 23.5. The number of fused-ring (bicyclic) bond motifs is 6. The number of aromatic nitrogens is 4. The minimum Gasteiger partial charge on any atom is -0.456 e. The van der Waals surface area contributed by atoms with Crippen molar-refractivity contribution in [1.29, 1.82) is 0 Å². The van der Waals surface area contributed by atoms with E-state index in [9.17, 15) is 0 Å². The van der Waals surface area contributed by atoms with Crippen LogP contribution in [-0.4, -0.2) is 19.5 Å². The molecule has 10 rings (SSSR count). The molecule has 0 aliphatic rings. The smallest absolute Gasteiger partial charge is 0.164 e. The highest BCUT2D eigenvalue weighted by molar-refractivity contribution is 6.10. The Morgan fingerprint density at radius 1 is 0.420 bits per heavy atom. The van der Waals surface area contributed by atoms with Gasteiger partial charge < -0.3 is 8.98 Å². The normalized spacial score (nSPS) is 13.0. The van der Waals surface area contributed by atoms with Crippen molar-refractivity contribution >= 4 is 43.7 Å². The van der Waals surface area contributed by atoms with E-state index in [1.54, 1.807) is 24.3 Å². The van der Waals surface area contributed by atoms with Gasteiger partial charge in [-0.1, -0.05) is 121 Å². The first-order valence-corrected chi connectivity index (χ1v) is 16.3. The van der Waals surface area contributed by atoms with Gasteiger partial charge in [-0.3, -0.25) is 0 Å². The van der Waals surface area contributed by atoms with Crippen LogP contribution in [0.15, 0.2) is 174 Å². The molecule has 7 aromatic carbocycles. The second-order valence-corrected chi connectivity index (χ2v) is 12.1.